The highest BCUT2D eigenvalue weighted by Gasteiger charge is 2.33. The molecule has 0 saturated carbocycles. The number of carbonyl (C=O) groups is 2. The fraction of sp³-hybridized carbons (Fsp3) is 0.400. The number of ether oxygens (including phenoxy) is 1. The number of halogens is 6. The molecule has 3 aromatic rings. The first-order valence-electron chi connectivity index (χ1n) is 11.6. The molecule has 1 saturated heterocycles. The molecule has 1 aromatic heterocycles. The number of thioether (sulfide) groups is 1. The van der Waals surface area contributed by atoms with E-state index in [-0.39, 0.29) is 53.5 Å². The normalized spacial score (nSPS) is 14.6. The van der Waals surface area contributed by atoms with Crippen LogP contribution in [0.1, 0.15) is 39.1 Å². The molecule has 2 heterocycles. The molecule has 1 amide bonds. The van der Waals surface area contributed by atoms with Gasteiger partial charge in [-0.2, -0.15) is 18.3 Å². The zero-order chi connectivity index (χ0) is 27.7. The minimum absolute atomic E-state index is 0.0214. The van der Waals surface area contributed by atoms with Gasteiger partial charge in [-0.1, -0.05) is 11.8 Å². The van der Waals surface area contributed by atoms with E-state index in [4.69, 9.17) is 0 Å². The number of aromatic nitrogens is 2. The number of amides is 1. The third kappa shape index (κ3) is 7.21. The van der Waals surface area contributed by atoms with E-state index >= 15 is 0 Å². The quantitative estimate of drug-likeness (QED) is 0.177. The highest BCUT2D eigenvalue weighted by Crippen LogP contribution is 2.31. The molecule has 0 atom stereocenters. The fourth-order valence-electron chi connectivity index (χ4n) is 4.27. The van der Waals surface area contributed by atoms with E-state index in [2.05, 4.69) is 9.84 Å². The average molecular weight is 560 g/mol. The van der Waals surface area contributed by atoms with Gasteiger partial charge < -0.3 is 9.64 Å². The van der Waals surface area contributed by atoms with Crippen LogP contribution >= 0.6 is 11.8 Å². The Morgan fingerprint density at radius 1 is 1.08 bits per heavy atom. The smallest absolute Gasteiger partial charge is 0.406 e. The van der Waals surface area contributed by atoms with E-state index < -0.39 is 17.6 Å². The monoisotopic (exact) mass is 559 g/mol. The number of hydrogen-bond acceptors (Lipinski definition) is 5. The summed E-state index contributed by atoms with van der Waals surface area (Å²) in [6.45, 7) is 3.18. The summed E-state index contributed by atoms with van der Waals surface area (Å²) < 4.78 is 79.3. The van der Waals surface area contributed by atoms with Gasteiger partial charge in [0.2, 0.25) is 0 Å². The minimum Gasteiger partial charge on any atom is -0.406 e. The first-order valence-corrected chi connectivity index (χ1v) is 12.6. The van der Waals surface area contributed by atoms with Crippen LogP contribution in [-0.4, -0.2) is 57.1 Å². The van der Waals surface area contributed by atoms with Gasteiger partial charge in [0, 0.05) is 60.4 Å². The van der Waals surface area contributed by atoms with Gasteiger partial charge in [-0.15, -0.1) is 13.2 Å². The van der Waals surface area contributed by atoms with Crippen molar-refractivity contribution >= 4 is 34.4 Å². The number of nitrogens with zero attached hydrogens (tertiary/aromatic N) is 3. The van der Waals surface area contributed by atoms with Crippen molar-refractivity contribution in [1.82, 2.24) is 14.7 Å². The summed E-state index contributed by atoms with van der Waals surface area (Å²) in [6.07, 6.45) is -2.87. The maximum absolute atomic E-state index is 12.6. The number of aryl methyl sites for hydroxylation is 1. The van der Waals surface area contributed by atoms with Crippen molar-refractivity contribution in [3.63, 3.8) is 0 Å². The second kappa shape index (κ2) is 10.9. The largest absolute Gasteiger partial charge is 0.573 e. The minimum atomic E-state index is -4.80. The zero-order valence-electron chi connectivity index (χ0n) is 20.1. The van der Waals surface area contributed by atoms with Gasteiger partial charge >= 0.3 is 11.9 Å². The van der Waals surface area contributed by atoms with Crippen molar-refractivity contribution in [2.45, 2.75) is 38.2 Å². The maximum atomic E-state index is 12.6. The molecule has 1 aliphatic rings. The van der Waals surface area contributed by atoms with Crippen LogP contribution in [0.4, 0.5) is 26.3 Å². The van der Waals surface area contributed by atoms with Crippen molar-refractivity contribution in [3.8, 4) is 5.75 Å². The molecule has 38 heavy (non-hydrogen) atoms. The van der Waals surface area contributed by atoms with Crippen molar-refractivity contribution in [2.75, 3.05) is 18.8 Å². The standard InChI is InChI=1S/C25H23F6N3O3S/c1-15-9-21-18(10-20(15)22(35)3-2-8-38-25(29,30)31)14-34(32-21)13-16-11-33(12-16)23(36)17-4-6-19(7-5-17)37-24(26,27)28/h4-7,9-10,14,16H,2-3,8,11-13H2,1H3. The van der Waals surface area contributed by atoms with E-state index in [1.165, 1.54) is 12.1 Å². The molecule has 0 N–H and O–H groups in total. The third-order valence-electron chi connectivity index (χ3n) is 6.04. The zero-order valence-corrected chi connectivity index (χ0v) is 20.9. The van der Waals surface area contributed by atoms with Crippen molar-refractivity contribution in [1.29, 1.82) is 0 Å². The van der Waals surface area contributed by atoms with Gasteiger partial charge in [-0.3, -0.25) is 14.3 Å². The highest BCUT2D eigenvalue weighted by molar-refractivity contribution is 8.00. The second-order valence-electron chi connectivity index (χ2n) is 9.05. The van der Waals surface area contributed by atoms with Gasteiger partial charge in [-0.05, 0) is 55.3 Å². The van der Waals surface area contributed by atoms with Gasteiger partial charge in [-0.25, -0.2) is 0 Å². The molecule has 1 aliphatic heterocycles. The average Bonchev–Trinajstić information content (AvgIpc) is 3.17. The number of hydrogen-bond donors (Lipinski definition) is 0. The lowest BCUT2D eigenvalue weighted by atomic mass is 9.98. The lowest BCUT2D eigenvalue weighted by molar-refractivity contribution is -0.274. The predicted molar refractivity (Wildman–Crippen MR) is 129 cm³/mol. The number of benzene rings is 2. The summed E-state index contributed by atoms with van der Waals surface area (Å²) in [5.74, 6) is -0.965. The fourth-order valence-corrected chi connectivity index (χ4v) is 4.79. The van der Waals surface area contributed by atoms with Crippen LogP contribution in [0.2, 0.25) is 0 Å². The summed E-state index contributed by atoms with van der Waals surface area (Å²) in [5, 5.41) is 5.27. The number of fused-ring (bicyclic) bond motifs is 1. The number of Topliss-reactive ketones (excluding diaryl/α,β-unsaturated/α-hetero) is 1. The highest BCUT2D eigenvalue weighted by atomic mass is 32.2. The Hall–Kier alpha value is -3.22. The Morgan fingerprint density at radius 2 is 1.76 bits per heavy atom. The van der Waals surface area contributed by atoms with E-state index in [0.717, 1.165) is 17.5 Å². The molecule has 0 bridgehead atoms. The number of likely N-dealkylation sites (tertiary alicyclic amines) is 1. The van der Waals surface area contributed by atoms with Crippen LogP contribution in [0, 0.1) is 12.8 Å². The molecule has 0 aliphatic carbocycles. The van der Waals surface area contributed by atoms with E-state index in [9.17, 15) is 35.9 Å². The van der Waals surface area contributed by atoms with Crippen LogP contribution in [-0.2, 0) is 6.54 Å². The van der Waals surface area contributed by atoms with Crippen molar-refractivity contribution < 1.29 is 40.7 Å². The molecule has 0 spiro atoms. The number of carbonyl (C=O) groups excluding carboxylic acids is 2. The van der Waals surface area contributed by atoms with Gasteiger partial charge in [0.1, 0.15) is 5.75 Å². The Bertz CT molecular complexity index is 1310. The van der Waals surface area contributed by atoms with Gasteiger partial charge in [0.15, 0.2) is 5.78 Å². The number of ketones is 1. The lowest BCUT2D eigenvalue weighted by Gasteiger charge is -2.39. The van der Waals surface area contributed by atoms with Crippen LogP contribution in [0.25, 0.3) is 10.9 Å². The number of alkyl halides is 6. The summed E-state index contributed by atoms with van der Waals surface area (Å²) >= 11 is -0.136. The first-order chi connectivity index (χ1) is 17.8. The predicted octanol–water partition coefficient (Wildman–Crippen LogP) is 6.23. The van der Waals surface area contributed by atoms with Crippen LogP contribution in [0.15, 0.2) is 42.6 Å². The summed E-state index contributed by atoms with van der Waals surface area (Å²) in [5.41, 5.74) is -2.21. The van der Waals surface area contributed by atoms with Crippen molar-refractivity contribution in [3.05, 3.63) is 59.3 Å². The SMILES string of the molecule is Cc1cc2nn(CC3CN(C(=O)c4ccc(OC(F)(F)F)cc4)C3)cc2cc1C(=O)CCCSC(F)(F)F. The van der Waals surface area contributed by atoms with Gasteiger partial charge in [0.05, 0.1) is 5.52 Å². The first kappa shape index (κ1) is 27.8. The lowest BCUT2D eigenvalue weighted by Crippen LogP contribution is -2.51. The van der Waals surface area contributed by atoms with Gasteiger partial charge in [0.25, 0.3) is 5.91 Å². The van der Waals surface area contributed by atoms with Crippen molar-refractivity contribution in [2.24, 2.45) is 5.92 Å². The third-order valence-corrected chi connectivity index (χ3v) is 6.86. The molecule has 13 heteroatoms. The van der Waals surface area contributed by atoms with Crippen LogP contribution in [0.3, 0.4) is 0 Å². The molecule has 204 valence electrons. The second-order valence-corrected chi connectivity index (χ2v) is 10.2. The molecule has 1 fully saturated rings. The van der Waals surface area contributed by atoms with E-state index in [1.54, 1.807) is 34.8 Å². The van der Waals surface area contributed by atoms with Crippen LogP contribution < -0.4 is 4.74 Å². The summed E-state index contributed by atoms with van der Waals surface area (Å²) in [6, 6.07) is 8.23. The Morgan fingerprint density at radius 3 is 2.39 bits per heavy atom. The molecule has 4 rings (SSSR count). The van der Waals surface area contributed by atoms with E-state index in [0.29, 0.717) is 36.3 Å². The Balaban J connectivity index is 1.31. The summed E-state index contributed by atoms with van der Waals surface area (Å²) in [4.78, 5) is 26.7. The molecule has 6 nitrogen and oxygen atoms in total. The van der Waals surface area contributed by atoms with E-state index in [1.807, 2.05) is 0 Å². The molecule has 2 aromatic carbocycles. The Kier molecular flexibility index (Phi) is 7.96. The maximum Gasteiger partial charge on any atom is 0.573 e. The Labute approximate surface area is 217 Å². The molecular weight excluding hydrogens is 536 g/mol. The number of rotatable bonds is 9. The van der Waals surface area contributed by atoms with Crippen LogP contribution in [0.5, 0.6) is 5.75 Å². The summed E-state index contributed by atoms with van der Waals surface area (Å²) in [7, 11) is 0. The topological polar surface area (TPSA) is 64.4 Å². The molecule has 0 unspecified atom stereocenters. The molecular formula is C25H23F6N3O3S. The molecule has 0 radical (unpaired) electrons.